The standard InChI is InChI=1S/C14H22O3/c1-3-4-9-16-10-13(15)11-17-14-8-6-5-7-12(14)2/h5-8,13,15H,3-4,9-11H2,1-2H3. The van der Waals surface area contributed by atoms with E-state index in [0.29, 0.717) is 13.2 Å². The van der Waals surface area contributed by atoms with E-state index in [0.717, 1.165) is 24.2 Å². The van der Waals surface area contributed by atoms with Crippen molar-refractivity contribution in [1.82, 2.24) is 0 Å². The van der Waals surface area contributed by atoms with Crippen LogP contribution < -0.4 is 4.74 Å². The molecule has 1 rings (SSSR count). The minimum Gasteiger partial charge on any atom is -0.491 e. The van der Waals surface area contributed by atoms with Gasteiger partial charge < -0.3 is 14.6 Å². The first-order valence-corrected chi connectivity index (χ1v) is 6.18. The van der Waals surface area contributed by atoms with Gasteiger partial charge in [0.25, 0.3) is 0 Å². The van der Waals surface area contributed by atoms with Crippen LogP contribution in [0.15, 0.2) is 24.3 Å². The second-order valence-electron chi connectivity index (χ2n) is 4.16. The molecule has 1 unspecified atom stereocenters. The number of ether oxygens (including phenoxy) is 2. The van der Waals surface area contributed by atoms with Crippen LogP contribution in [0.4, 0.5) is 0 Å². The van der Waals surface area contributed by atoms with Gasteiger partial charge in [-0.2, -0.15) is 0 Å². The SMILES string of the molecule is CCCCOCC(O)COc1ccccc1C. The van der Waals surface area contributed by atoms with E-state index in [1.807, 2.05) is 31.2 Å². The molecule has 0 bridgehead atoms. The van der Waals surface area contributed by atoms with E-state index in [-0.39, 0.29) is 6.61 Å². The molecule has 1 aromatic rings. The number of aryl methyl sites for hydroxylation is 1. The summed E-state index contributed by atoms with van der Waals surface area (Å²) in [6, 6.07) is 7.78. The van der Waals surface area contributed by atoms with Crippen molar-refractivity contribution < 1.29 is 14.6 Å². The Balaban J connectivity index is 2.19. The summed E-state index contributed by atoms with van der Waals surface area (Å²) < 4.78 is 10.9. The average molecular weight is 238 g/mol. The highest BCUT2D eigenvalue weighted by Crippen LogP contribution is 2.16. The number of hydrogen-bond acceptors (Lipinski definition) is 3. The number of aliphatic hydroxyl groups excluding tert-OH is 1. The Morgan fingerprint density at radius 3 is 2.71 bits per heavy atom. The van der Waals surface area contributed by atoms with Gasteiger partial charge in [-0.15, -0.1) is 0 Å². The second-order valence-corrected chi connectivity index (χ2v) is 4.16. The van der Waals surface area contributed by atoms with E-state index in [2.05, 4.69) is 6.92 Å². The molecule has 3 heteroatoms. The summed E-state index contributed by atoms with van der Waals surface area (Å²) in [7, 11) is 0. The summed E-state index contributed by atoms with van der Waals surface area (Å²) in [6.45, 7) is 5.42. The Kier molecular flexibility index (Phi) is 6.67. The Morgan fingerprint density at radius 1 is 1.24 bits per heavy atom. The third-order valence-corrected chi connectivity index (χ3v) is 2.48. The molecule has 0 fully saturated rings. The van der Waals surface area contributed by atoms with E-state index < -0.39 is 6.10 Å². The van der Waals surface area contributed by atoms with Crippen LogP contribution >= 0.6 is 0 Å². The van der Waals surface area contributed by atoms with Crippen LogP contribution in [-0.2, 0) is 4.74 Å². The lowest BCUT2D eigenvalue weighted by atomic mass is 10.2. The maximum atomic E-state index is 9.65. The molecule has 0 amide bonds. The van der Waals surface area contributed by atoms with Gasteiger partial charge in [0, 0.05) is 6.61 Å². The lowest BCUT2D eigenvalue weighted by Gasteiger charge is -2.13. The van der Waals surface area contributed by atoms with Gasteiger partial charge in [-0.1, -0.05) is 31.5 Å². The van der Waals surface area contributed by atoms with Gasteiger partial charge in [0.2, 0.25) is 0 Å². The zero-order valence-corrected chi connectivity index (χ0v) is 10.7. The molecular formula is C14H22O3. The highest BCUT2D eigenvalue weighted by atomic mass is 16.5. The minimum atomic E-state index is -0.563. The minimum absolute atomic E-state index is 0.275. The van der Waals surface area contributed by atoms with Crippen LogP contribution in [0, 0.1) is 6.92 Å². The fourth-order valence-electron chi connectivity index (χ4n) is 1.42. The molecule has 0 heterocycles. The van der Waals surface area contributed by atoms with Gasteiger partial charge in [-0.3, -0.25) is 0 Å². The van der Waals surface area contributed by atoms with Crippen molar-refractivity contribution in [1.29, 1.82) is 0 Å². The summed E-state index contributed by atoms with van der Waals surface area (Å²) in [5, 5.41) is 9.65. The van der Waals surface area contributed by atoms with Gasteiger partial charge in [0.05, 0.1) is 6.61 Å². The third-order valence-electron chi connectivity index (χ3n) is 2.48. The van der Waals surface area contributed by atoms with Crippen molar-refractivity contribution in [2.75, 3.05) is 19.8 Å². The first kappa shape index (κ1) is 14.0. The first-order chi connectivity index (χ1) is 8.24. The first-order valence-electron chi connectivity index (χ1n) is 6.18. The number of hydrogen-bond donors (Lipinski definition) is 1. The van der Waals surface area contributed by atoms with E-state index in [9.17, 15) is 5.11 Å². The lowest BCUT2D eigenvalue weighted by molar-refractivity contribution is 0.0112. The fraction of sp³-hybridized carbons (Fsp3) is 0.571. The molecule has 0 aliphatic heterocycles. The van der Waals surface area contributed by atoms with Crippen LogP contribution in [0.3, 0.4) is 0 Å². The van der Waals surface area contributed by atoms with Gasteiger partial charge >= 0.3 is 0 Å². The van der Waals surface area contributed by atoms with Gasteiger partial charge in [-0.25, -0.2) is 0 Å². The van der Waals surface area contributed by atoms with E-state index in [4.69, 9.17) is 9.47 Å². The summed E-state index contributed by atoms with van der Waals surface area (Å²) in [4.78, 5) is 0. The topological polar surface area (TPSA) is 38.7 Å². The van der Waals surface area contributed by atoms with Crippen molar-refractivity contribution in [3.05, 3.63) is 29.8 Å². The number of unbranched alkanes of at least 4 members (excludes halogenated alkanes) is 1. The molecule has 17 heavy (non-hydrogen) atoms. The Labute approximate surface area is 103 Å². The van der Waals surface area contributed by atoms with Gasteiger partial charge in [-0.05, 0) is 25.0 Å². The highest BCUT2D eigenvalue weighted by molar-refractivity contribution is 5.31. The number of aliphatic hydroxyl groups is 1. The summed E-state index contributed by atoms with van der Waals surface area (Å²) in [5.74, 6) is 0.820. The molecule has 3 nitrogen and oxygen atoms in total. The Hall–Kier alpha value is -1.06. The molecule has 1 aromatic carbocycles. The zero-order chi connectivity index (χ0) is 12.5. The van der Waals surface area contributed by atoms with Gasteiger partial charge in [0.15, 0.2) is 0 Å². The molecule has 0 aromatic heterocycles. The van der Waals surface area contributed by atoms with Crippen LogP contribution in [0.1, 0.15) is 25.3 Å². The van der Waals surface area contributed by atoms with Crippen molar-refractivity contribution in [3.63, 3.8) is 0 Å². The quantitative estimate of drug-likeness (QED) is 0.707. The van der Waals surface area contributed by atoms with Crippen molar-refractivity contribution in [3.8, 4) is 5.75 Å². The maximum absolute atomic E-state index is 9.65. The highest BCUT2D eigenvalue weighted by Gasteiger charge is 2.06. The van der Waals surface area contributed by atoms with E-state index in [1.165, 1.54) is 0 Å². The van der Waals surface area contributed by atoms with Crippen LogP contribution in [0.2, 0.25) is 0 Å². The molecule has 0 aliphatic carbocycles. The molecule has 0 saturated carbocycles. The second kappa shape index (κ2) is 8.09. The van der Waals surface area contributed by atoms with Crippen molar-refractivity contribution in [2.45, 2.75) is 32.8 Å². The third kappa shape index (κ3) is 5.71. The number of para-hydroxylation sites is 1. The monoisotopic (exact) mass is 238 g/mol. The summed E-state index contributed by atoms with van der Waals surface area (Å²) in [5.41, 5.74) is 1.08. The lowest BCUT2D eigenvalue weighted by Crippen LogP contribution is -2.23. The molecule has 0 spiro atoms. The summed E-state index contributed by atoms with van der Waals surface area (Å²) in [6.07, 6.45) is 1.58. The van der Waals surface area contributed by atoms with E-state index >= 15 is 0 Å². The number of rotatable bonds is 8. The van der Waals surface area contributed by atoms with Crippen molar-refractivity contribution in [2.24, 2.45) is 0 Å². The largest absolute Gasteiger partial charge is 0.491 e. The molecular weight excluding hydrogens is 216 g/mol. The predicted octanol–water partition coefficient (Wildman–Crippen LogP) is 2.55. The summed E-state index contributed by atoms with van der Waals surface area (Å²) >= 11 is 0. The Bertz CT molecular complexity index is 312. The maximum Gasteiger partial charge on any atom is 0.122 e. The molecule has 0 radical (unpaired) electrons. The van der Waals surface area contributed by atoms with Crippen LogP contribution in [0.5, 0.6) is 5.75 Å². The molecule has 1 atom stereocenters. The fourth-order valence-corrected chi connectivity index (χ4v) is 1.42. The van der Waals surface area contributed by atoms with Crippen LogP contribution in [-0.4, -0.2) is 31.0 Å². The van der Waals surface area contributed by atoms with Crippen molar-refractivity contribution >= 4 is 0 Å². The smallest absolute Gasteiger partial charge is 0.122 e. The van der Waals surface area contributed by atoms with Crippen LogP contribution in [0.25, 0.3) is 0 Å². The molecule has 96 valence electrons. The van der Waals surface area contributed by atoms with E-state index in [1.54, 1.807) is 0 Å². The number of benzene rings is 1. The zero-order valence-electron chi connectivity index (χ0n) is 10.7. The Morgan fingerprint density at radius 2 is 2.00 bits per heavy atom. The average Bonchev–Trinajstić information content (AvgIpc) is 2.34. The normalized spacial score (nSPS) is 12.4. The molecule has 0 saturated heterocycles. The predicted molar refractivity (Wildman–Crippen MR) is 68.4 cm³/mol. The molecule has 0 aliphatic rings. The molecule has 1 N–H and O–H groups in total. The van der Waals surface area contributed by atoms with Gasteiger partial charge in [0.1, 0.15) is 18.5 Å².